The number of Topliss-reactive ketones (excluding diaryl/α,β-unsaturated/α-hetero) is 2. The smallest absolute Gasteiger partial charge is 0.221 e. The second-order valence-electron chi connectivity index (χ2n) is 4.13. The molecule has 1 atom stereocenters. The van der Waals surface area contributed by atoms with Gasteiger partial charge in [-0.25, -0.2) is 4.39 Å². The van der Waals surface area contributed by atoms with Crippen molar-refractivity contribution < 1.29 is 14.0 Å². The zero-order valence-corrected chi connectivity index (χ0v) is 13.0. The molecule has 0 aliphatic carbocycles. The SMILES string of the molecule is CC(C)C(=O)C(F)C(=O)c1cc(Cl)c(Cl)c(Cl)c1Cl. The van der Waals surface area contributed by atoms with Crippen LogP contribution >= 0.6 is 46.4 Å². The van der Waals surface area contributed by atoms with Crippen molar-refractivity contribution in [2.24, 2.45) is 5.92 Å². The fourth-order valence-corrected chi connectivity index (χ4v) is 2.21. The molecule has 0 radical (unpaired) electrons. The van der Waals surface area contributed by atoms with Crippen LogP contribution in [-0.2, 0) is 4.79 Å². The Morgan fingerprint density at radius 1 is 1.05 bits per heavy atom. The minimum absolute atomic E-state index is 0.0320. The van der Waals surface area contributed by atoms with Crippen LogP contribution in [0.3, 0.4) is 0 Å². The van der Waals surface area contributed by atoms with Gasteiger partial charge in [0.05, 0.1) is 20.1 Å². The van der Waals surface area contributed by atoms with E-state index in [-0.39, 0.29) is 25.7 Å². The third-order valence-electron chi connectivity index (χ3n) is 2.42. The summed E-state index contributed by atoms with van der Waals surface area (Å²) in [7, 11) is 0. The van der Waals surface area contributed by atoms with Crippen molar-refractivity contribution in [3.63, 3.8) is 0 Å². The van der Waals surface area contributed by atoms with Gasteiger partial charge < -0.3 is 0 Å². The van der Waals surface area contributed by atoms with Gasteiger partial charge >= 0.3 is 0 Å². The van der Waals surface area contributed by atoms with Crippen molar-refractivity contribution in [2.75, 3.05) is 0 Å². The molecule has 0 amide bonds. The third-order valence-corrected chi connectivity index (χ3v) is 4.17. The minimum Gasteiger partial charge on any atom is -0.296 e. The summed E-state index contributed by atoms with van der Waals surface area (Å²) >= 11 is 23.1. The largest absolute Gasteiger partial charge is 0.296 e. The summed E-state index contributed by atoms with van der Waals surface area (Å²) in [6.45, 7) is 2.98. The topological polar surface area (TPSA) is 34.1 Å². The molecule has 0 aliphatic heterocycles. The summed E-state index contributed by atoms with van der Waals surface area (Å²) in [4.78, 5) is 23.4. The van der Waals surface area contributed by atoms with E-state index in [1.165, 1.54) is 13.8 Å². The van der Waals surface area contributed by atoms with E-state index < -0.39 is 23.7 Å². The molecule has 104 valence electrons. The van der Waals surface area contributed by atoms with Gasteiger partial charge in [0.15, 0.2) is 5.78 Å². The van der Waals surface area contributed by atoms with Crippen molar-refractivity contribution in [1.82, 2.24) is 0 Å². The zero-order chi connectivity index (χ0) is 14.9. The molecule has 1 unspecified atom stereocenters. The normalized spacial score (nSPS) is 12.6. The highest BCUT2D eigenvalue weighted by Crippen LogP contribution is 2.38. The number of hydrogen-bond donors (Lipinski definition) is 0. The lowest BCUT2D eigenvalue weighted by Gasteiger charge is -2.12. The van der Waals surface area contributed by atoms with E-state index in [2.05, 4.69) is 0 Å². The summed E-state index contributed by atoms with van der Waals surface area (Å²) in [6.07, 6.45) is -2.30. The van der Waals surface area contributed by atoms with Gasteiger partial charge in [0, 0.05) is 11.5 Å². The first-order chi connectivity index (χ1) is 8.68. The predicted octanol–water partition coefficient (Wildman–Crippen LogP) is 5.05. The van der Waals surface area contributed by atoms with E-state index in [1.54, 1.807) is 0 Å². The molecular formula is C12H9Cl4FO2. The molecule has 2 nitrogen and oxygen atoms in total. The van der Waals surface area contributed by atoms with Crippen LogP contribution in [0.4, 0.5) is 4.39 Å². The van der Waals surface area contributed by atoms with Gasteiger partial charge in [-0.3, -0.25) is 9.59 Å². The molecule has 0 aromatic heterocycles. The summed E-state index contributed by atoms with van der Waals surface area (Å²) in [6, 6.07) is 1.10. The standard InChI is InChI=1S/C12H9Cl4FO2/c1-4(2)11(18)10(17)12(19)5-3-6(13)8(15)9(16)7(5)14/h3-4,10H,1-2H3. The Morgan fingerprint density at radius 3 is 2.05 bits per heavy atom. The maximum atomic E-state index is 13.8. The summed E-state index contributed by atoms with van der Waals surface area (Å²) in [5, 5.41) is -0.442. The van der Waals surface area contributed by atoms with Gasteiger partial charge in [0.2, 0.25) is 12.0 Å². The zero-order valence-electron chi connectivity index (χ0n) is 9.94. The van der Waals surface area contributed by atoms with Crippen LogP contribution in [0.2, 0.25) is 20.1 Å². The Hall–Kier alpha value is -0.350. The number of benzene rings is 1. The molecule has 0 fully saturated rings. The molecule has 0 heterocycles. The highest BCUT2D eigenvalue weighted by Gasteiger charge is 2.31. The Morgan fingerprint density at radius 2 is 1.58 bits per heavy atom. The second-order valence-corrected chi connectivity index (χ2v) is 5.67. The van der Waals surface area contributed by atoms with Gasteiger partial charge in [-0.2, -0.15) is 0 Å². The number of halogens is 5. The molecular weight excluding hydrogens is 337 g/mol. The van der Waals surface area contributed by atoms with Crippen molar-refractivity contribution in [3.8, 4) is 0 Å². The van der Waals surface area contributed by atoms with Crippen LogP contribution < -0.4 is 0 Å². The van der Waals surface area contributed by atoms with Gasteiger partial charge in [0.1, 0.15) is 0 Å². The quantitative estimate of drug-likeness (QED) is 0.331. The lowest BCUT2D eigenvalue weighted by Crippen LogP contribution is -2.29. The fourth-order valence-electron chi connectivity index (χ4n) is 1.31. The average molecular weight is 346 g/mol. The molecule has 0 aliphatic rings. The Bertz CT molecular complexity index is 543. The van der Waals surface area contributed by atoms with E-state index in [9.17, 15) is 14.0 Å². The maximum absolute atomic E-state index is 13.8. The van der Waals surface area contributed by atoms with E-state index in [1.807, 2.05) is 0 Å². The molecule has 1 rings (SSSR count). The molecule has 19 heavy (non-hydrogen) atoms. The van der Waals surface area contributed by atoms with Crippen molar-refractivity contribution in [3.05, 3.63) is 31.7 Å². The average Bonchev–Trinajstić information content (AvgIpc) is 2.37. The molecule has 0 saturated carbocycles. The van der Waals surface area contributed by atoms with E-state index >= 15 is 0 Å². The lowest BCUT2D eigenvalue weighted by molar-refractivity contribution is -0.125. The molecule has 0 N–H and O–H groups in total. The van der Waals surface area contributed by atoms with Crippen LogP contribution in [0.25, 0.3) is 0 Å². The van der Waals surface area contributed by atoms with Crippen LogP contribution in [-0.4, -0.2) is 17.7 Å². The van der Waals surface area contributed by atoms with Crippen molar-refractivity contribution in [1.29, 1.82) is 0 Å². The molecule has 0 spiro atoms. The number of carbonyl (C=O) groups is 2. The van der Waals surface area contributed by atoms with E-state index in [4.69, 9.17) is 46.4 Å². The highest BCUT2D eigenvalue weighted by molar-refractivity contribution is 6.52. The van der Waals surface area contributed by atoms with Crippen molar-refractivity contribution in [2.45, 2.75) is 20.0 Å². The first kappa shape index (κ1) is 16.7. The summed E-state index contributed by atoms with van der Waals surface area (Å²) < 4.78 is 13.8. The molecule has 7 heteroatoms. The molecule has 0 saturated heterocycles. The maximum Gasteiger partial charge on any atom is 0.221 e. The number of alkyl halides is 1. The first-order valence-corrected chi connectivity index (χ1v) is 6.74. The Kier molecular flexibility index (Phi) is 5.63. The number of rotatable bonds is 4. The van der Waals surface area contributed by atoms with Crippen LogP contribution in [0.1, 0.15) is 24.2 Å². The first-order valence-electron chi connectivity index (χ1n) is 5.23. The molecule has 1 aromatic rings. The summed E-state index contributed by atoms with van der Waals surface area (Å²) in [5.41, 5.74) is -0.262. The van der Waals surface area contributed by atoms with Gasteiger partial charge in [0.25, 0.3) is 0 Å². The highest BCUT2D eigenvalue weighted by atomic mass is 35.5. The van der Waals surface area contributed by atoms with Crippen LogP contribution in [0.15, 0.2) is 6.07 Å². The second kappa shape index (κ2) is 6.40. The number of carbonyl (C=O) groups excluding carboxylic acids is 2. The fraction of sp³-hybridized carbons (Fsp3) is 0.333. The predicted molar refractivity (Wildman–Crippen MR) is 75.6 cm³/mol. The van der Waals surface area contributed by atoms with E-state index in [0.717, 1.165) is 6.07 Å². The van der Waals surface area contributed by atoms with Gasteiger partial charge in [-0.05, 0) is 6.07 Å². The van der Waals surface area contributed by atoms with Crippen molar-refractivity contribution >= 4 is 58.0 Å². The van der Waals surface area contributed by atoms with Gasteiger partial charge in [-0.15, -0.1) is 0 Å². The summed E-state index contributed by atoms with van der Waals surface area (Å²) in [5.74, 6) is -2.52. The Balaban J connectivity index is 3.25. The lowest BCUT2D eigenvalue weighted by atomic mass is 9.98. The number of ketones is 2. The monoisotopic (exact) mass is 344 g/mol. The molecule has 1 aromatic carbocycles. The minimum atomic E-state index is -2.30. The third kappa shape index (κ3) is 3.40. The van der Waals surface area contributed by atoms with Crippen LogP contribution in [0, 0.1) is 5.92 Å². The Labute approximate surface area is 129 Å². The number of hydrogen-bond acceptors (Lipinski definition) is 2. The van der Waals surface area contributed by atoms with E-state index in [0.29, 0.717) is 0 Å². The van der Waals surface area contributed by atoms with Crippen LogP contribution in [0.5, 0.6) is 0 Å². The molecule has 0 bridgehead atoms. The van der Waals surface area contributed by atoms with Gasteiger partial charge in [-0.1, -0.05) is 60.3 Å².